The van der Waals surface area contributed by atoms with Crippen molar-refractivity contribution in [1.29, 1.82) is 0 Å². The van der Waals surface area contributed by atoms with E-state index in [9.17, 15) is 27.9 Å². The van der Waals surface area contributed by atoms with E-state index in [1.54, 1.807) is 63.0 Å². The third-order valence-electron chi connectivity index (χ3n) is 19.2. The van der Waals surface area contributed by atoms with E-state index in [1.807, 2.05) is 136 Å². The van der Waals surface area contributed by atoms with Gasteiger partial charge in [-0.05, 0) is 148 Å². The number of pyridine rings is 3. The standard InChI is InChI=1S/C27H28N2O4.C26H25NO7S.C25H23NO5/c1-29(2)26(21-6-4-5-7-22(21)31-3)18-8-10-20(28-16-18)15-25(30)27(12-13-27)19-9-11-23-24(14-19)33-17-32-23;1-31-21-6-4-3-5-20(21)25(34-35(2,29)30)17-7-9-19(27-15-17)14-24(28)26(11-12-26)18-8-10-22-23(13-18)33-16-32-22;1-29-20-5-3-2-4-19(20)24(28)16-6-8-18(26-14-16)13-23(27)25(10-11-25)17-7-9-21-22(12-17)31-15-30-21/h4-11,14,16,26H,12-13,15,17H2,1-3H3;3-10,13,15,25H,11-12,14,16H2,1-2H3;2-9,12,14,24,28H,10-11,13,15H2,1H3. The van der Waals surface area contributed by atoms with Gasteiger partial charge in [0, 0.05) is 82.8 Å². The first kappa shape index (κ1) is 67.4. The van der Waals surface area contributed by atoms with E-state index in [1.165, 1.54) is 7.11 Å². The molecule has 20 nitrogen and oxygen atoms in total. The summed E-state index contributed by atoms with van der Waals surface area (Å²) >= 11 is 0. The quantitative estimate of drug-likeness (QED) is 0.0553. The number of ketones is 3. The average Bonchev–Trinajstić information content (AvgIpc) is 1.61. The Hall–Kier alpha value is -10.2. The molecule has 3 atom stereocenters. The second-order valence-electron chi connectivity index (χ2n) is 25.7. The minimum Gasteiger partial charge on any atom is -0.496 e. The number of carbonyl (C=O) groups is 3. The molecule has 0 spiro atoms. The lowest BCUT2D eigenvalue weighted by Gasteiger charge is -2.26. The van der Waals surface area contributed by atoms with Crippen molar-refractivity contribution >= 4 is 27.5 Å². The number of nitrogens with zero attached hydrogens (tertiary/aromatic N) is 4. The van der Waals surface area contributed by atoms with Gasteiger partial charge in [-0.25, -0.2) is 0 Å². The highest BCUT2D eigenvalue weighted by molar-refractivity contribution is 7.86. The minimum absolute atomic E-state index is 0.00167. The lowest BCUT2D eigenvalue weighted by atomic mass is 9.88. The number of aromatic nitrogens is 3. The van der Waals surface area contributed by atoms with Gasteiger partial charge in [0.05, 0.1) is 49.9 Å². The Bertz CT molecular complexity index is 4570. The first-order chi connectivity index (χ1) is 47.9. The average molecular weight is 1360 g/mol. The van der Waals surface area contributed by atoms with Gasteiger partial charge in [0.15, 0.2) is 34.5 Å². The molecule has 3 aliphatic carbocycles. The monoisotopic (exact) mass is 1360 g/mol. The van der Waals surface area contributed by atoms with E-state index in [0.29, 0.717) is 68.8 Å². The van der Waals surface area contributed by atoms with Crippen LogP contribution in [0.15, 0.2) is 182 Å². The molecule has 6 aromatic carbocycles. The molecule has 21 heteroatoms. The van der Waals surface area contributed by atoms with Crippen molar-refractivity contribution in [3.05, 3.63) is 250 Å². The molecular weight excluding hydrogens is 1280 g/mol. The number of para-hydroxylation sites is 3. The van der Waals surface area contributed by atoms with Gasteiger partial charge in [-0.2, -0.15) is 8.42 Å². The molecule has 6 aliphatic rings. The van der Waals surface area contributed by atoms with E-state index >= 15 is 0 Å². The molecule has 510 valence electrons. The maximum Gasteiger partial charge on any atom is 0.265 e. The Morgan fingerprint density at radius 1 is 0.455 bits per heavy atom. The molecular formula is C78H76N4O16S. The maximum atomic E-state index is 13.3. The zero-order valence-corrected chi connectivity index (χ0v) is 56.6. The Morgan fingerprint density at radius 2 is 0.798 bits per heavy atom. The Kier molecular flexibility index (Phi) is 19.3. The van der Waals surface area contributed by atoms with Gasteiger partial charge >= 0.3 is 0 Å². The highest BCUT2D eigenvalue weighted by atomic mass is 32.2. The first-order valence-corrected chi connectivity index (χ1v) is 34.5. The van der Waals surface area contributed by atoms with Crippen LogP contribution in [0, 0.1) is 0 Å². The SMILES string of the molecule is COc1ccccc1C(O)c1ccc(CC(=O)C2(c3ccc4c(c3)OCO4)CC2)nc1.COc1ccccc1C(OS(C)(=O)=O)c1ccc(CC(=O)C2(c3ccc4c(c3)OCO4)CC2)nc1.COc1ccccc1C(c1ccc(CC(=O)C2(c3ccc4c(c3)OCO4)CC2)nc1)N(C)C. The highest BCUT2D eigenvalue weighted by Gasteiger charge is 2.53. The summed E-state index contributed by atoms with van der Waals surface area (Å²) < 4.78 is 78.3. The number of rotatable bonds is 24. The highest BCUT2D eigenvalue weighted by Crippen LogP contribution is 2.54. The van der Waals surface area contributed by atoms with Crippen molar-refractivity contribution in [3.63, 3.8) is 0 Å². The van der Waals surface area contributed by atoms with Crippen LogP contribution in [-0.2, 0) is 64.2 Å². The van der Waals surface area contributed by atoms with Crippen LogP contribution in [0.2, 0.25) is 0 Å². The number of Topliss-reactive ketones (excluding diaryl/α,β-unsaturated/α-hetero) is 3. The summed E-state index contributed by atoms with van der Waals surface area (Å²) in [6.07, 6.45) is 9.94. The number of benzene rings is 6. The fraction of sp³-hybridized carbons (Fsp3) is 0.308. The normalized spacial score (nSPS) is 16.5. The topological polar surface area (TPSA) is 240 Å². The summed E-state index contributed by atoms with van der Waals surface area (Å²) in [4.78, 5) is 55.4. The van der Waals surface area contributed by atoms with E-state index < -0.39 is 38.6 Å². The Labute approximate surface area is 574 Å². The van der Waals surface area contributed by atoms with Gasteiger partial charge in [0.2, 0.25) is 20.4 Å². The molecule has 0 saturated heterocycles. The number of fused-ring (bicyclic) bond motifs is 3. The largest absolute Gasteiger partial charge is 0.496 e. The maximum absolute atomic E-state index is 13.3. The third kappa shape index (κ3) is 14.4. The van der Waals surface area contributed by atoms with Gasteiger partial charge in [-0.1, -0.05) is 91.0 Å². The smallest absolute Gasteiger partial charge is 0.265 e. The van der Waals surface area contributed by atoms with Gasteiger partial charge in [-0.15, -0.1) is 0 Å². The van der Waals surface area contributed by atoms with Gasteiger partial charge in [0.1, 0.15) is 46.8 Å². The molecule has 15 rings (SSSR count). The van der Waals surface area contributed by atoms with Gasteiger partial charge in [0.25, 0.3) is 10.1 Å². The molecule has 3 fully saturated rings. The van der Waals surface area contributed by atoms with Crippen LogP contribution in [0.5, 0.6) is 51.7 Å². The van der Waals surface area contributed by atoms with Crippen LogP contribution in [0.1, 0.15) is 124 Å². The molecule has 3 saturated carbocycles. The summed E-state index contributed by atoms with van der Waals surface area (Å²) in [6.45, 7) is 0.643. The van der Waals surface area contributed by atoms with Crippen LogP contribution >= 0.6 is 0 Å². The molecule has 3 aliphatic heterocycles. The number of methoxy groups -OCH3 is 3. The number of carbonyl (C=O) groups excluding carboxylic acids is 3. The van der Waals surface area contributed by atoms with Gasteiger partial charge < -0.3 is 47.7 Å². The van der Waals surface area contributed by atoms with E-state index in [0.717, 1.165) is 101 Å². The van der Waals surface area contributed by atoms with Crippen molar-refractivity contribution in [2.45, 2.75) is 92.3 Å². The fourth-order valence-electron chi connectivity index (χ4n) is 13.3. The molecule has 3 aromatic heterocycles. The predicted octanol–water partition coefficient (Wildman–Crippen LogP) is 11.8. The van der Waals surface area contributed by atoms with Crippen LogP contribution in [0.25, 0.3) is 0 Å². The van der Waals surface area contributed by atoms with E-state index in [2.05, 4.69) is 32.0 Å². The lowest BCUT2D eigenvalue weighted by Crippen LogP contribution is -2.23. The minimum atomic E-state index is -3.78. The van der Waals surface area contributed by atoms with Crippen molar-refractivity contribution in [2.24, 2.45) is 0 Å². The fourth-order valence-corrected chi connectivity index (χ4v) is 13.9. The number of hydrogen-bond acceptors (Lipinski definition) is 20. The van der Waals surface area contributed by atoms with Crippen LogP contribution in [0.3, 0.4) is 0 Å². The van der Waals surface area contributed by atoms with Crippen LogP contribution in [0.4, 0.5) is 0 Å². The number of ether oxygens (including phenoxy) is 9. The molecule has 1 N–H and O–H groups in total. The summed E-state index contributed by atoms with van der Waals surface area (Å²) in [5, 5.41) is 10.7. The first-order valence-electron chi connectivity index (χ1n) is 32.7. The number of aliphatic hydroxyl groups is 1. The van der Waals surface area contributed by atoms with Crippen molar-refractivity contribution < 1.29 is 74.7 Å². The second-order valence-corrected chi connectivity index (χ2v) is 27.3. The Balaban J connectivity index is 0.000000134. The summed E-state index contributed by atoms with van der Waals surface area (Å²) in [5.41, 5.74) is 8.14. The van der Waals surface area contributed by atoms with E-state index in [-0.39, 0.29) is 56.6 Å². The van der Waals surface area contributed by atoms with Crippen molar-refractivity contribution in [2.75, 3.05) is 62.1 Å². The van der Waals surface area contributed by atoms with E-state index in [4.69, 9.17) is 46.8 Å². The lowest BCUT2D eigenvalue weighted by molar-refractivity contribution is -0.121. The number of hydrogen-bond donors (Lipinski definition) is 1. The molecule has 0 amide bonds. The molecule has 9 aromatic rings. The van der Waals surface area contributed by atoms with Gasteiger partial charge in [-0.3, -0.25) is 38.4 Å². The molecule has 99 heavy (non-hydrogen) atoms. The second kappa shape index (κ2) is 28.3. The molecule has 3 unspecified atom stereocenters. The van der Waals surface area contributed by atoms with Crippen molar-refractivity contribution in [3.8, 4) is 51.7 Å². The van der Waals surface area contributed by atoms with Crippen molar-refractivity contribution in [1.82, 2.24) is 19.9 Å². The molecule has 0 radical (unpaired) electrons. The zero-order chi connectivity index (χ0) is 69.1. The summed E-state index contributed by atoms with van der Waals surface area (Å²) in [5.74, 6) is 6.64. The molecule has 6 heterocycles. The molecule has 0 bridgehead atoms. The van der Waals surface area contributed by atoms with Crippen LogP contribution in [-0.4, -0.2) is 113 Å². The predicted molar refractivity (Wildman–Crippen MR) is 366 cm³/mol. The van der Waals surface area contributed by atoms with Crippen LogP contribution < -0.4 is 42.6 Å². The zero-order valence-electron chi connectivity index (χ0n) is 55.8. The summed E-state index contributed by atoms with van der Waals surface area (Å²) in [7, 11) is 5.07. The number of aliphatic hydroxyl groups excluding tert-OH is 1. The third-order valence-corrected chi connectivity index (χ3v) is 19.7. The summed E-state index contributed by atoms with van der Waals surface area (Å²) in [6, 6.07) is 50.8. The Morgan fingerprint density at radius 3 is 1.16 bits per heavy atom.